The van der Waals surface area contributed by atoms with Crippen molar-refractivity contribution >= 4 is 17.5 Å². The summed E-state index contributed by atoms with van der Waals surface area (Å²) in [6.07, 6.45) is 3.24. The first-order valence-electron chi connectivity index (χ1n) is 11.5. The summed E-state index contributed by atoms with van der Waals surface area (Å²) in [4.78, 5) is 30.9. The van der Waals surface area contributed by atoms with Crippen LogP contribution in [0.5, 0.6) is 0 Å². The standard InChI is InChI=1S/C25H27FN6O2/c1-30-6-8-32(9-7-30)25(34)15-2-3-18-16(10-15)11-19-20(24(28)33)12-21(26)23(22(18)19)29-17-4-5-31(13-17)14-27/h2-3,10,12,17,29H,4-9,11,13H2,1H3,(H2,28,33)/t17-/m0/s1. The summed E-state index contributed by atoms with van der Waals surface area (Å²) in [7, 11) is 2.04. The SMILES string of the molecule is CN1CCN(C(=O)c2ccc3c(c2)Cc2c(C(N)=O)cc(F)c(N[C@H]4CCN(C#N)C4)c2-3)CC1. The second-order valence-electron chi connectivity index (χ2n) is 9.32. The van der Waals surface area contributed by atoms with Gasteiger partial charge in [0, 0.05) is 62.0 Å². The average molecular weight is 463 g/mol. The monoisotopic (exact) mass is 462 g/mol. The van der Waals surface area contributed by atoms with Crippen LogP contribution in [0.2, 0.25) is 0 Å². The minimum Gasteiger partial charge on any atom is -0.378 e. The number of amides is 2. The summed E-state index contributed by atoms with van der Waals surface area (Å²) in [5.74, 6) is -1.25. The molecule has 2 aromatic carbocycles. The van der Waals surface area contributed by atoms with Crippen molar-refractivity contribution < 1.29 is 14.0 Å². The molecule has 1 aliphatic carbocycles. The van der Waals surface area contributed by atoms with Gasteiger partial charge in [0.15, 0.2) is 6.19 Å². The first-order chi connectivity index (χ1) is 16.4. The van der Waals surface area contributed by atoms with Crippen LogP contribution in [0.4, 0.5) is 10.1 Å². The zero-order valence-corrected chi connectivity index (χ0v) is 19.1. The zero-order valence-electron chi connectivity index (χ0n) is 19.1. The predicted octanol–water partition coefficient (Wildman–Crippen LogP) is 1.85. The molecule has 2 fully saturated rings. The van der Waals surface area contributed by atoms with Crippen molar-refractivity contribution in [2.75, 3.05) is 51.6 Å². The van der Waals surface area contributed by atoms with E-state index in [0.29, 0.717) is 61.4 Å². The van der Waals surface area contributed by atoms with Crippen molar-refractivity contribution in [3.05, 3.63) is 52.3 Å². The molecule has 0 aromatic heterocycles. The smallest absolute Gasteiger partial charge is 0.253 e. The molecule has 0 unspecified atom stereocenters. The van der Waals surface area contributed by atoms with Crippen LogP contribution in [0, 0.1) is 17.3 Å². The van der Waals surface area contributed by atoms with Gasteiger partial charge in [0.05, 0.1) is 5.69 Å². The number of carbonyl (C=O) groups is 2. The van der Waals surface area contributed by atoms with Gasteiger partial charge in [-0.3, -0.25) is 9.59 Å². The Hall–Kier alpha value is -3.64. The van der Waals surface area contributed by atoms with Crippen LogP contribution in [-0.2, 0) is 6.42 Å². The maximum atomic E-state index is 15.3. The number of likely N-dealkylation sites (N-methyl/N-ethyl adjacent to an activating group) is 1. The van der Waals surface area contributed by atoms with Crippen LogP contribution in [0.1, 0.15) is 38.3 Å². The molecule has 9 heteroatoms. The number of primary amides is 1. The van der Waals surface area contributed by atoms with Crippen molar-refractivity contribution in [3.8, 4) is 17.3 Å². The van der Waals surface area contributed by atoms with Crippen LogP contribution in [0.25, 0.3) is 11.1 Å². The lowest BCUT2D eigenvalue weighted by atomic mass is 9.97. The number of halogens is 1. The molecule has 0 spiro atoms. The van der Waals surface area contributed by atoms with E-state index in [1.807, 2.05) is 24.1 Å². The lowest BCUT2D eigenvalue weighted by molar-refractivity contribution is 0.0664. The average Bonchev–Trinajstić information content (AvgIpc) is 3.44. The first kappa shape index (κ1) is 22.2. The van der Waals surface area contributed by atoms with E-state index in [-0.39, 0.29) is 17.5 Å². The largest absolute Gasteiger partial charge is 0.378 e. The van der Waals surface area contributed by atoms with E-state index in [2.05, 4.69) is 16.4 Å². The van der Waals surface area contributed by atoms with Gasteiger partial charge < -0.3 is 25.8 Å². The molecule has 8 nitrogen and oxygen atoms in total. The number of nitrogens with one attached hydrogen (secondary N) is 1. The van der Waals surface area contributed by atoms with E-state index >= 15 is 4.39 Å². The number of nitriles is 1. The van der Waals surface area contributed by atoms with Gasteiger partial charge >= 0.3 is 0 Å². The normalized spacial score (nSPS) is 19.5. The highest BCUT2D eigenvalue weighted by molar-refractivity contribution is 6.02. The molecular weight excluding hydrogens is 435 g/mol. The third-order valence-electron chi connectivity index (χ3n) is 7.11. The number of carbonyl (C=O) groups excluding carboxylic acids is 2. The van der Waals surface area contributed by atoms with Gasteiger partial charge in [-0.2, -0.15) is 5.26 Å². The highest BCUT2D eigenvalue weighted by Gasteiger charge is 2.32. The Morgan fingerprint density at radius 1 is 1.18 bits per heavy atom. The van der Waals surface area contributed by atoms with E-state index in [1.165, 1.54) is 6.07 Å². The summed E-state index contributed by atoms with van der Waals surface area (Å²) in [6.45, 7) is 4.14. The van der Waals surface area contributed by atoms with Crippen LogP contribution >= 0.6 is 0 Å². The van der Waals surface area contributed by atoms with Crippen LogP contribution < -0.4 is 11.1 Å². The molecule has 3 N–H and O–H groups in total. The van der Waals surface area contributed by atoms with E-state index < -0.39 is 11.7 Å². The minimum absolute atomic E-state index is 0.0194. The van der Waals surface area contributed by atoms with E-state index in [9.17, 15) is 9.59 Å². The Morgan fingerprint density at radius 3 is 2.62 bits per heavy atom. The van der Waals surface area contributed by atoms with Crippen molar-refractivity contribution in [1.82, 2.24) is 14.7 Å². The van der Waals surface area contributed by atoms with Crippen molar-refractivity contribution in [2.45, 2.75) is 18.9 Å². The Bertz CT molecular complexity index is 1210. The molecule has 2 aromatic rings. The number of hydrogen-bond donors (Lipinski definition) is 2. The number of hydrogen-bond acceptors (Lipinski definition) is 6. The van der Waals surface area contributed by atoms with Gasteiger partial charge in [-0.05, 0) is 54.8 Å². The molecular formula is C25H27FN6O2. The predicted molar refractivity (Wildman–Crippen MR) is 126 cm³/mol. The van der Waals surface area contributed by atoms with Gasteiger partial charge in [0.1, 0.15) is 5.82 Å². The number of piperazine rings is 1. The molecule has 5 rings (SSSR count). The first-order valence-corrected chi connectivity index (χ1v) is 11.5. The summed E-state index contributed by atoms with van der Waals surface area (Å²) >= 11 is 0. The van der Waals surface area contributed by atoms with Gasteiger partial charge in [-0.25, -0.2) is 4.39 Å². The molecule has 2 amide bonds. The van der Waals surface area contributed by atoms with Crippen LogP contribution in [0.3, 0.4) is 0 Å². The third-order valence-corrected chi connectivity index (χ3v) is 7.11. The van der Waals surface area contributed by atoms with E-state index in [0.717, 1.165) is 24.2 Å². The maximum Gasteiger partial charge on any atom is 0.253 e. The quantitative estimate of drug-likeness (QED) is 0.574. The van der Waals surface area contributed by atoms with Gasteiger partial charge in [-0.15, -0.1) is 0 Å². The summed E-state index contributed by atoms with van der Waals surface area (Å²) in [5.41, 5.74) is 9.63. The second-order valence-corrected chi connectivity index (χ2v) is 9.32. The number of nitrogens with zero attached hydrogens (tertiary/aromatic N) is 4. The fourth-order valence-corrected chi connectivity index (χ4v) is 5.21. The fraction of sp³-hybridized carbons (Fsp3) is 0.400. The van der Waals surface area contributed by atoms with Crippen molar-refractivity contribution in [1.29, 1.82) is 5.26 Å². The van der Waals surface area contributed by atoms with Gasteiger partial charge in [0.25, 0.3) is 5.91 Å². The fourth-order valence-electron chi connectivity index (χ4n) is 5.21. The topological polar surface area (TPSA) is 106 Å². The summed E-state index contributed by atoms with van der Waals surface area (Å²) < 4.78 is 15.3. The minimum atomic E-state index is -0.681. The molecule has 34 heavy (non-hydrogen) atoms. The van der Waals surface area contributed by atoms with E-state index in [1.54, 1.807) is 11.0 Å². The summed E-state index contributed by atoms with van der Waals surface area (Å²) in [5, 5.41) is 12.4. The Morgan fingerprint density at radius 2 is 1.94 bits per heavy atom. The molecule has 2 aliphatic heterocycles. The Labute approximate surface area is 197 Å². The zero-order chi connectivity index (χ0) is 24.0. The Kier molecular flexibility index (Phi) is 5.62. The molecule has 0 bridgehead atoms. The molecule has 1 atom stereocenters. The lowest BCUT2D eigenvalue weighted by Crippen LogP contribution is -2.47. The molecule has 2 saturated heterocycles. The number of anilines is 1. The Balaban J connectivity index is 1.50. The molecule has 0 saturated carbocycles. The van der Waals surface area contributed by atoms with Crippen molar-refractivity contribution in [2.24, 2.45) is 5.73 Å². The highest BCUT2D eigenvalue weighted by atomic mass is 19.1. The van der Waals surface area contributed by atoms with Crippen molar-refractivity contribution in [3.63, 3.8) is 0 Å². The summed E-state index contributed by atoms with van der Waals surface area (Å²) in [6, 6.07) is 6.59. The van der Waals surface area contributed by atoms with Gasteiger partial charge in [-0.1, -0.05) is 6.07 Å². The number of rotatable bonds is 4. The molecule has 176 valence electrons. The molecule has 0 radical (unpaired) electrons. The molecule has 3 aliphatic rings. The maximum absolute atomic E-state index is 15.3. The molecule has 2 heterocycles. The number of benzene rings is 2. The number of nitrogens with two attached hydrogens (primary N) is 1. The number of fused-ring (bicyclic) bond motifs is 3. The van der Waals surface area contributed by atoms with Gasteiger partial charge in [0.2, 0.25) is 5.91 Å². The number of likely N-dealkylation sites (tertiary alicyclic amines) is 1. The second kappa shape index (κ2) is 8.61. The van der Waals surface area contributed by atoms with Crippen LogP contribution in [-0.4, -0.2) is 78.9 Å². The lowest BCUT2D eigenvalue weighted by Gasteiger charge is -2.32. The highest BCUT2D eigenvalue weighted by Crippen LogP contribution is 2.45. The third kappa shape index (κ3) is 3.84. The van der Waals surface area contributed by atoms with E-state index in [4.69, 9.17) is 11.0 Å². The van der Waals surface area contributed by atoms with Crippen LogP contribution in [0.15, 0.2) is 24.3 Å².